The molecule has 0 amide bonds. The lowest BCUT2D eigenvalue weighted by Crippen LogP contribution is -2.18. The highest BCUT2D eigenvalue weighted by Gasteiger charge is 2.24. The lowest BCUT2D eigenvalue weighted by Gasteiger charge is -2.20. The van der Waals surface area contributed by atoms with Gasteiger partial charge in [-0.05, 0) is 31.0 Å². The van der Waals surface area contributed by atoms with Gasteiger partial charge in [-0.3, -0.25) is 0 Å². The molecule has 1 aromatic carbocycles. The average Bonchev–Trinajstić information content (AvgIpc) is 2.19. The van der Waals surface area contributed by atoms with Crippen molar-refractivity contribution in [1.82, 2.24) is 0 Å². The highest BCUT2D eigenvalue weighted by Crippen LogP contribution is 2.27. The Morgan fingerprint density at radius 3 is 2.50 bits per heavy atom. The molecule has 1 rings (SSSR count). The Bertz CT molecular complexity index is 359. The van der Waals surface area contributed by atoms with Crippen LogP contribution in [0.5, 0.6) is 0 Å². The van der Waals surface area contributed by atoms with E-state index >= 15 is 0 Å². The highest BCUT2D eigenvalue weighted by atomic mass is 14.5. The maximum Gasteiger partial charge on any atom is 0.0828 e. The molecule has 0 bridgehead atoms. The third-order valence-electron chi connectivity index (χ3n) is 2.35. The topological polar surface area (TPSA) is 49.8 Å². The molecule has 14 heavy (non-hydrogen) atoms. The number of nitrogens with two attached hydrogens (primary N) is 1. The summed E-state index contributed by atoms with van der Waals surface area (Å²) in [5.74, 6) is 0. The number of anilines is 1. The fourth-order valence-electron chi connectivity index (χ4n) is 1.37. The second-order valence-corrected chi connectivity index (χ2v) is 3.56. The zero-order valence-corrected chi connectivity index (χ0v) is 8.33. The third kappa shape index (κ3) is 1.94. The zero-order valence-electron chi connectivity index (χ0n) is 8.33. The minimum Gasteiger partial charge on any atom is -0.399 e. The summed E-state index contributed by atoms with van der Waals surface area (Å²) in [7, 11) is 0. The van der Waals surface area contributed by atoms with Gasteiger partial charge in [-0.1, -0.05) is 18.2 Å². The fraction of sp³-hybridized carbons (Fsp3) is 0.250. The van der Waals surface area contributed by atoms with Crippen molar-refractivity contribution < 1.29 is 0 Å². The summed E-state index contributed by atoms with van der Waals surface area (Å²) in [5.41, 5.74) is 6.79. The fourth-order valence-corrected chi connectivity index (χ4v) is 1.37. The normalized spacial score (nSPS) is 14.0. The van der Waals surface area contributed by atoms with Gasteiger partial charge in [0, 0.05) is 5.69 Å². The van der Waals surface area contributed by atoms with Gasteiger partial charge >= 0.3 is 0 Å². The predicted octanol–water partition coefficient (Wildman–Crippen LogP) is 2.63. The van der Waals surface area contributed by atoms with Gasteiger partial charge in [0.2, 0.25) is 0 Å². The van der Waals surface area contributed by atoms with E-state index in [1.165, 1.54) is 0 Å². The molecule has 0 radical (unpaired) electrons. The van der Waals surface area contributed by atoms with Crippen molar-refractivity contribution >= 4 is 5.69 Å². The van der Waals surface area contributed by atoms with E-state index in [9.17, 15) is 0 Å². The molecule has 1 atom stereocenters. The molecule has 0 saturated carbocycles. The van der Waals surface area contributed by atoms with Crippen LogP contribution in [0.3, 0.4) is 0 Å². The standard InChI is InChI=1S/C12H14N2/c1-3-8-12(2,9-13)10-4-6-11(14)7-5-10/h3-7H,1,8,14H2,2H3. The number of benzene rings is 1. The first-order valence-electron chi connectivity index (χ1n) is 4.50. The van der Waals surface area contributed by atoms with E-state index in [0.717, 1.165) is 5.56 Å². The Balaban J connectivity index is 3.07. The van der Waals surface area contributed by atoms with E-state index in [1.54, 1.807) is 6.08 Å². The molecule has 0 fully saturated rings. The summed E-state index contributed by atoms with van der Waals surface area (Å²) >= 11 is 0. The van der Waals surface area contributed by atoms with Gasteiger partial charge in [-0.15, -0.1) is 6.58 Å². The Morgan fingerprint density at radius 2 is 2.07 bits per heavy atom. The molecule has 0 saturated heterocycles. The molecule has 0 heterocycles. The van der Waals surface area contributed by atoms with Crippen molar-refractivity contribution in [2.75, 3.05) is 5.73 Å². The second-order valence-electron chi connectivity index (χ2n) is 3.56. The van der Waals surface area contributed by atoms with Crippen LogP contribution in [0.15, 0.2) is 36.9 Å². The minimum absolute atomic E-state index is 0.491. The maximum atomic E-state index is 9.11. The Kier molecular flexibility index (Phi) is 2.93. The average molecular weight is 186 g/mol. The Labute approximate surface area is 84.7 Å². The van der Waals surface area contributed by atoms with E-state index in [4.69, 9.17) is 11.0 Å². The number of nitrogens with zero attached hydrogens (tertiary/aromatic N) is 1. The molecule has 0 aromatic heterocycles. The van der Waals surface area contributed by atoms with Crippen LogP contribution in [0, 0.1) is 11.3 Å². The van der Waals surface area contributed by atoms with Gasteiger partial charge in [0.15, 0.2) is 0 Å². The number of nitriles is 1. The number of rotatable bonds is 3. The number of hydrogen-bond acceptors (Lipinski definition) is 2. The van der Waals surface area contributed by atoms with E-state index in [-0.39, 0.29) is 0 Å². The van der Waals surface area contributed by atoms with E-state index in [0.29, 0.717) is 12.1 Å². The number of hydrogen-bond donors (Lipinski definition) is 1. The highest BCUT2D eigenvalue weighted by molar-refractivity contribution is 5.43. The van der Waals surface area contributed by atoms with Crippen LogP contribution in [-0.4, -0.2) is 0 Å². The first-order valence-corrected chi connectivity index (χ1v) is 4.50. The molecule has 0 spiro atoms. The van der Waals surface area contributed by atoms with Crippen molar-refractivity contribution in [1.29, 1.82) is 5.26 Å². The van der Waals surface area contributed by atoms with Crippen molar-refractivity contribution in [3.8, 4) is 6.07 Å². The van der Waals surface area contributed by atoms with Crippen LogP contribution in [-0.2, 0) is 5.41 Å². The largest absolute Gasteiger partial charge is 0.399 e. The summed E-state index contributed by atoms with van der Waals surface area (Å²) < 4.78 is 0. The molecular weight excluding hydrogens is 172 g/mol. The monoisotopic (exact) mass is 186 g/mol. The molecule has 2 heteroatoms. The first kappa shape index (κ1) is 10.3. The van der Waals surface area contributed by atoms with Gasteiger partial charge in [0.25, 0.3) is 0 Å². The molecule has 0 aliphatic carbocycles. The van der Waals surface area contributed by atoms with Crippen molar-refractivity contribution in [3.05, 3.63) is 42.5 Å². The summed E-state index contributed by atoms with van der Waals surface area (Å²) in [6.07, 6.45) is 2.41. The van der Waals surface area contributed by atoms with Crippen molar-refractivity contribution in [2.24, 2.45) is 0 Å². The summed E-state index contributed by atoms with van der Waals surface area (Å²) in [6.45, 7) is 5.56. The Hall–Kier alpha value is -1.75. The van der Waals surface area contributed by atoms with Gasteiger partial charge in [-0.2, -0.15) is 5.26 Å². The molecule has 72 valence electrons. The van der Waals surface area contributed by atoms with Crippen LogP contribution in [0.1, 0.15) is 18.9 Å². The minimum atomic E-state index is -0.491. The van der Waals surface area contributed by atoms with Crippen LogP contribution in [0.25, 0.3) is 0 Å². The molecule has 1 aromatic rings. The summed E-state index contributed by atoms with van der Waals surface area (Å²) in [6, 6.07) is 9.71. The third-order valence-corrected chi connectivity index (χ3v) is 2.35. The van der Waals surface area contributed by atoms with E-state index in [1.807, 2.05) is 31.2 Å². The smallest absolute Gasteiger partial charge is 0.0828 e. The molecule has 1 unspecified atom stereocenters. The number of nitrogen functional groups attached to an aromatic ring is 1. The molecular formula is C12H14N2. The van der Waals surface area contributed by atoms with Crippen molar-refractivity contribution in [2.45, 2.75) is 18.8 Å². The Morgan fingerprint density at radius 1 is 1.50 bits per heavy atom. The maximum absolute atomic E-state index is 9.11. The van der Waals surface area contributed by atoms with Gasteiger partial charge in [0.05, 0.1) is 11.5 Å². The van der Waals surface area contributed by atoms with Gasteiger partial charge in [0.1, 0.15) is 0 Å². The van der Waals surface area contributed by atoms with Crippen molar-refractivity contribution in [3.63, 3.8) is 0 Å². The van der Waals surface area contributed by atoms with Crippen LogP contribution >= 0.6 is 0 Å². The number of allylic oxidation sites excluding steroid dienone is 1. The van der Waals surface area contributed by atoms with Gasteiger partial charge in [-0.25, -0.2) is 0 Å². The predicted molar refractivity (Wildman–Crippen MR) is 58.6 cm³/mol. The summed E-state index contributed by atoms with van der Waals surface area (Å²) in [5, 5.41) is 9.11. The SMILES string of the molecule is C=CCC(C)(C#N)c1ccc(N)cc1. The second kappa shape index (κ2) is 3.97. The van der Waals surface area contributed by atoms with Crippen LogP contribution in [0.4, 0.5) is 5.69 Å². The van der Waals surface area contributed by atoms with Crippen LogP contribution < -0.4 is 5.73 Å². The first-order chi connectivity index (χ1) is 6.62. The quantitative estimate of drug-likeness (QED) is 0.582. The lowest BCUT2D eigenvalue weighted by molar-refractivity contribution is 0.622. The molecule has 2 N–H and O–H groups in total. The van der Waals surface area contributed by atoms with Crippen LogP contribution in [0.2, 0.25) is 0 Å². The van der Waals surface area contributed by atoms with Gasteiger partial charge < -0.3 is 5.73 Å². The zero-order chi connectivity index (χ0) is 10.6. The molecule has 2 nitrogen and oxygen atoms in total. The lowest BCUT2D eigenvalue weighted by atomic mass is 9.81. The van der Waals surface area contributed by atoms with E-state index < -0.39 is 5.41 Å². The molecule has 0 aliphatic heterocycles. The summed E-state index contributed by atoms with van der Waals surface area (Å²) in [4.78, 5) is 0. The van der Waals surface area contributed by atoms with E-state index in [2.05, 4.69) is 12.6 Å². The molecule has 0 aliphatic rings.